The van der Waals surface area contributed by atoms with Crippen LogP contribution in [0.1, 0.15) is 13.8 Å². The van der Waals surface area contributed by atoms with Crippen molar-refractivity contribution in [2.75, 3.05) is 0 Å². The van der Waals surface area contributed by atoms with E-state index >= 15 is 0 Å². The highest BCUT2D eigenvalue weighted by atomic mass is 35.5. The van der Waals surface area contributed by atoms with E-state index in [1.165, 1.54) is 0 Å². The minimum atomic E-state index is 0.409. The summed E-state index contributed by atoms with van der Waals surface area (Å²) in [5, 5.41) is 3.05. The second-order valence-electron chi connectivity index (χ2n) is 5.54. The molecule has 0 unspecified atom stereocenters. The Labute approximate surface area is 160 Å². The Kier molecular flexibility index (Phi) is 5.46. The molecule has 1 heterocycles. The van der Waals surface area contributed by atoms with Crippen LogP contribution in [0, 0.1) is 0 Å². The van der Waals surface area contributed by atoms with E-state index in [9.17, 15) is 0 Å². The van der Waals surface area contributed by atoms with Crippen LogP contribution in [-0.4, -0.2) is 14.8 Å². The molecule has 6 heteroatoms. The molecule has 2 aromatic carbocycles. The summed E-state index contributed by atoms with van der Waals surface area (Å²) in [5.74, 6) is 0. The van der Waals surface area contributed by atoms with Crippen molar-refractivity contribution >= 4 is 46.6 Å². The largest absolute Gasteiger partial charge is 0.287 e. The summed E-state index contributed by atoms with van der Waals surface area (Å²) in [5.41, 5.74) is 2.86. The molecule has 0 radical (unpaired) electrons. The van der Waals surface area contributed by atoms with E-state index in [1.807, 2.05) is 42.6 Å². The number of imidazole rings is 1. The van der Waals surface area contributed by atoms with Crippen molar-refractivity contribution < 1.29 is 0 Å². The summed E-state index contributed by atoms with van der Waals surface area (Å²) in [6.07, 6.45) is 1.85. The zero-order chi connectivity index (χ0) is 17.3. The van der Waals surface area contributed by atoms with Gasteiger partial charge >= 0.3 is 0 Å². The standard InChI is InChI=1S/C18H15Cl3N2S/c1-11(2)24-18-22-10-17(12-6-7-15(20)16(21)8-12)23(18)14-5-3-4-13(19)9-14/h3-11H,1-2H3. The van der Waals surface area contributed by atoms with E-state index in [0.717, 1.165) is 22.1 Å². The van der Waals surface area contributed by atoms with Crippen LogP contribution < -0.4 is 0 Å². The number of nitrogens with zero attached hydrogens (tertiary/aromatic N) is 2. The molecule has 0 atom stereocenters. The predicted octanol–water partition coefficient (Wildman–Crippen LogP) is 7.00. The van der Waals surface area contributed by atoms with Crippen LogP contribution in [0.2, 0.25) is 15.1 Å². The lowest BCUT2D eigenvalue weighted by atomic mass is 10.1. The maximum absolute atomic E-state index is 6.19. The maximum Gasteiger partial charge on any atom is 0.173 e. The van der Waals surface area contributed by atoms with E-state index in [1.54, 1.807) is 17.8 Å². The van der Waals surface area contributed by atoms with Crippen molar-refractivity contribution in [3.63, 3.8) is 0 Å². The fourth-order valence-corrected chi connectivity index (χ4v) is 3.68. The molecule has 3 aromatic rings. The number of hydrogen-bond donors (Lipinski definition) is 0. The lowest BCUT2D eigenvalue weighted by Crippen LogP contribution is -2.01. The van der Waals surface area contributed by atoms with Gasteiger partial charge in [0.05, 0.1) is 21.9 Å². The molecular weight excluding hydrogens is 383 g/mol. The van der Waals surface area contributed by atoms with Crippen molar-refractivity contribution in [2.24, 2.45) is 0 Å². The smallest absolute Gasteiger partial charge is 0.173 e. The van der Waals surface area contributed by atoms with E-state index in [0.29, 0.717) is 20.3 Å². The molecule has 0 saturated carbocycles. The monoisotopic (exact) mass is 396 g/mol. The number of benzene rings is 2. The molecule has 0 saturated heterocycles. The lowest BCUT2D eigenvalue weighted by molar-refractivity contribution is 0.893. The molecule has 124 valence electrons. The van der Waals surface area contributed by atoms with Gasteiger partial charge in [0.2, 0.25) is 0 Å². The van der Waals surface area contributed by atoms with Crippen LogP contribution in [0.4, 0.5) is 0 Å². The average molecular weight is 398 g/mol. The highest BCUT2D eigenvalue weighted by molar-refractivity contribution is 7.99. The summed E-state index contributed by atoms with van der Waals surface area (Å²) in [6, 6.07) is 13.3. The maximum atomic E-state index is 6.19. The fourth-order valence-electron chi connectivity index (χ4n) is 2.35. The van der Waals surface area contributed by atoms with Gasteiger partial charge < -0.3 is 0 Å². The highest BCUT2D eigenvalue weighted by Gasteiger charge is 2.16. The molecule has 0 bridgehead atoms. The van der Waals surface area contributed by atoms with Gasteiger partial charge in [0, 0.05) is 21.5 Å². The van der Waals surface area contributed by atoms with Crippen molar-refractivity contribution in [1.29, 1.82) is 0 Å². The van der Waals surface area contributed by atoms with Gasteiger partial charge in [0.15, 0.2) is 5.16 Å². The Morgan fingerprint density at radius 2 is 1.79 bits per heavy atom. The Morgan fingerprint density at radius 1 is 1.00 bits per heavy atom. The second-order valence-corrected chi connectivity index (χ2v) is 8.33. The van der Waals surface area contributed by atoms with E-state index < -0.39 is 0 Å². The third-order valence-electron chi connectivity index (χ3n) is 3.35. The van der Waals surface area contributed by atoms with E-state index in [2.05, 4.69) is 23.4 Å². The number of thioether (sulfide) groups is 1. The molecule has 0 fully saturated rings. The first-order chi connectivity index (χ1) is 11.5. The van der Waals surface area contributed by atoms with Gasteiger partial charge in [-0.2, -0.15) is 0 Å². The summed E-state index contributed by atoms with van der Waals surface area (Å²) in [4.78, 5) is 4.60. The number of halogens is 3. The quantitative estimate of drug-likeness (QED) is 0.441. The fraction of sp³-hybridized carbons (Fsp3) is 0.167. The van der Waals surface area contributed by atoms with Crippen LogP contribution in [0.5, 0.6) is 0 Å². The van der Waals surface area contributed by atoms with Crippen LogP contribution in [0.25, 0.3) is 16.9 Å². The average Bonchev–Trinajstić information content (AvgIpc) is 2.93. The third-order valence-corrected chi connectivity index (χ3v) is 5.30. The molecule has 0 aliphatic rings. The molecule has 0 N–H and O–H groups in total. The van der Waals surface area contributed by atoms with Crippen LogP contribution in [0.3, 0.4) is 0 Å². The van der Waals surface area contributed by atoms with Gasteiger partial charge in [-0.25, -0.2) is 4.98 Å². The SMILES string of the molecule is CC(C)Sc1ncc(-c2ccc(Cl)c(Cl)c2)n1-c1cccc(Cl)c1. The van der Waals surface area contributed by atoms with E-state index in [4.69, 9.17) is 34.8 Å². The zero-order valence-electron chi connectivity index (χ0n) is 13.1. The highest BCUT2D eigenvalue weighted by Crippen LogP contribution is 2.34. The minimum absolute atomic E-state index is 0.409. The topological polar surface area (TPSA) is 17.8 Å². The van der Waals surface area contributed by atoms with Gasteiger partial charge in [-0.05, 0) is 30.3 Å². The zero-order valence-corrected chi connectivity index (χ0v) is 16.2. The van der Waals surface area contributed by atoms with Crippen molar-refractivity contribution in [3.8, 4) is 16.9 Å². The number of rotatable bonds is 4. The molecule has 1 aromatic heterocycles. The first-order valence-corrected chi connectivity index (χ1v) is 9.43. The van der Waals surface area contributed by atoms with Crippen molar-refractivity contribution in [1.82, 2.24) is 9.55 Å². The van der Waals surface area contributed by atoms with Crippen LogP contribution >= 0.6 is 46.6 Å². The lowest BCUT2D eigenvalue weighted by Gasteiger charge is -2.14. The van der Waals surface area contributed by atoms with Gasteiger partial charge in [0.1, 0.15) is 0 Å². The summed E-state index contributed by atoms with van der Waals surface area (Å²) < 4.78 is 2.09. The summed E-state index contributed by atoms with van der Waals surface area (Å²) in [7, 11) is 0. The van der Waals surface area contributed by atoms with Gasteiger partial charge in [0.25, 0.3) is 0 Å². The Morgan fingerprint density at radius 3 is 2.46 bits per heavy atom. The summed E-state index contributed by atoms with van der Waals surface area (Å²) in [6.45, 7) is 4.28. The summed E-state index contributed by atoms with van der Waals surface area (Å²) >= 11 is 20.1. The Hall–Kier alpha value is -1.13. The first kappa shape index (κ1) is 17.7. The van der Waals surface area contributed by atoms with Crippen molar-refractivity contribution in [3.05, 3.63) is 63.7 Å². The first-order valence-electron chi connectivity index (χ1n) is 7.41. The molecule has 24 heavy (non-hydrogen) atoms. The van der Waals surface area contributed by atoms with E-state index in [-0.39, 0.29) is 0 Å². The molecule has 0 aliphatic carbocycles. The molecule has 0 aliphatic heterocycles. The number of hydrogen-bond acceptors (Lipinski definition) is 2. The molecule has 3 rings (SSSR count). The van der Waals surface area contributed by atoms with Gasteiger partial charge in [-0.15, -0.1) is 0 Å². The molecule has 0 spiro atoms. The van der Waals surface area contributed by atoms with Crippen LogP contribution in [-0.2, 0) is 0 Å². The Balaban J connectivity index is 2.19. The van der Waals surface area contributed by atoms with Gasteiger partial charge in [-0.1, -0.05) is 72.5 Å². The third kappa shape index (κ3) is 3.75. The predicted molar refractivity (Wildman–Crippen MR) is 105 cm³/mol. The Bertz CT molecular complexity index is 874. The minimum Gasteiger partial charge on any atom is -0.287 e. The molecule has 2 nitrogen and oxygen atoms in total. The van der Waals surface area contributed by atoms with Crippen molar-refractivity contribution in [2.45, 2.75) is 24.3 Å². The van der Waals surface area contributed by atoms with Gasteiger partial charge in [-0.3, -0.25) is 4.57 Å². The number of aromatic nitrogens is 2. The molecular formula is C18H15Cl3N2S. The second kappa shape index (κ2) is 7.40. The molecule has 0 amide bonds. The van der Waals surface area contributed by atoms with Crippen LogP contribution in [0.15, 0.2) is 53.8 Å². The normalized spacial score (nSPS) is 11.2.